The minimum atomic E-state index is -0.631. The number of nitrogens with one attached hydrogen (secondary N) is 1. The minimum absolute atomic E-state index is 0.0881. The lowest BCUT2D eigenvalue weighted by Crippen LogP contribution is -2.54. The molecule has 0 bridgehead atoms. The van der Waals surface area contributed by atoms with Crippen LogP contribution in [-0.4, -0.2) is 31.1 Å². The van der Waals surface area contributed by atoms with Gasteiger partial charge in [0.2, 0.25) is 0 Å². The average molecular weight is 516 g/mol. The van der Waals surface area contributed by atoms with Gasteiger partial charge in [-0.2, -0.15) is 0 Å². The molecule has 2 amide bonds. The number of benzene rings is 2. The third-order valence-corrected chi connectivity index (χ3v) is 5.72. The second kappa shape index (κ2) is 8.71. The molecule has 1 fully saturated rings. The second-order valence-electron chi connectivity index (χ2n) is 5.77. The molecule has 1 aliphatic heterocycles. The van der Waals surface area contributed by atoms with Crippen molar-refractivity contribution in [3.63, 3.8) is 0 Å². The van der Waals surface area contributed by atoms with Gasteiger partial charge >= 0.3 is 0 Å². The molecule has 29 heavy (non-hydrogen) atoms. The lowest BCUT2D eigenvalue weighted by Gasteiger charge is -2.29. The highest BCUT2D eigenvalue weighted by atomic mass is 79.9. The van der Waals surface area contributed by atoms with Gasteiger partial charge in [-0.15, -0.1) is 0 Å². The van der Waals surface area contributed by atoms with E-state index in [0.29, 0.717) is 21.5 Å². The van der Waals surface area contributed by atoms with E-state index >= 15 is 0 Å². The normalized spacial score (nSPS) is 15.6. The largest absolute Gasteiger partial charge is 0.493 e. The molecule has 1 N–H and O–H groups in total. The predicted octanol–water partition coefficient (Wildman–Crippen LogP) is 4.60. The van der Waals surface area contributed by atoms with Crippen LogP contribution in [0, 0.1) is 0 Å². The fourth-order valence-corrected chi connectivity index (χ4v) is 4.00. The van der Waals surface area contributed by atoms with Gasteiger partial charge in [0.25, 0.3) is 11.8 Å². The number of rotatable bonds is 4. The molecule has 6 nitrogen and oxygen atoms in total. The van der Waals surface area contributed by atoms with Crippen molar-refractivity contribution in [2.75, 3.05) is 19.1 Å². The zero-order valence-corrected chi connectivity index (χ0v) is 19.0. The summed E-state index contributed by atoms with van der Waals surface area (Å²) >= 11 is 20.9. The van der Waals surface area contributed by atoms with Crippen LogP contribution in [0.3, 0.4) is 0 Å². The van der Waals surface area contributed by atoms with Crippen LogP contribution in [0.15, 0.2) is 40.4 Å². The van der Waals surface area contributed by atoms with E-state index in [-0.39, 0.29) is 26.4 Å². The Kier molecular flexibility index (Phi) is 6.48. The molecule has 0 radical (unpaired) electrons. The van der Waals surface area contributed by atoms with Crippen LogP contribution in [0.1, 0.15) is 5.56 Å². The van der Waals surface area contributed by atoms with Gasteiger partial charge in [-0.25, -0.2) is 0 Å². The first-order valence-corrected chi connectivity index (χ1v) is 10.0. The smallest absolute Gasteiger partial charge is 0.270 e. The highest BCUT2D eigenvalue weighted by Crippen LogP contribution is 2.38. The summed E-state index contributed by atoms with van der Waals surface area (Å²) in [6.07, 6.45) is 1.43. The second-order valence-corrected chi connectivity index (χ2v) is 7.80. The fraction of sp³-hybridized carbons (Fsp3) is 0.105. The number of hydrogen-bond donors (Lipinski definition) is 1. The Bertz CT molecular complexity index is 1070. The average Bonchev–Trinajstić information content (AvgIpc) is 2.67. The third-order valence-electron chi connectivity index (χ3n) is 4.04. The zero-order chi connectivity index (χ0) is 21.3. The van der Waals surface area contributed by atoms with E-state index in [1.807, 2.05) is 0 Å². The maximum absolute atomic E-state index is 13.1. The molecule has 150 valence electrons. The summed E-state index contributed by atoms with van der Waals surface area (Å²) < 4.78 is 11.2. The molecule has 1 saturated heterocycles. The van der Waals surface area contributed by atoms with E-state index in [0.717, 1.165) is 4.90 Å². The summed E-state index contributed by atoms with van der Waals surface area (Å²) in [5.74, 6) is -0.334. The molecule has 10 heteroatoms. The maximum Gasteiger partial charge on any atom is 0.270 e. The third kappa shape index (κ3) is 4.11. The van der Waals surface area contributed by atoms with E-state index < -0.39 is 11.8 Å². The van der Waals surface area contributed by atoms with Gasteiger partial charge < -0.3 is 9.47 Å². The molecular weight excluding hydrogens is 503 g/mol. The SMILES string of the molecule is COc1cc(/C=C2/C(=O)NC(=S)N(c3cccc(Cl)c3Cl)C2=O)cc(Br)c1OC. The lowest BCUT2D eigenvalue weighted by molar-refractivity contribution is -0.122. The summed E-state index contributed by atoms with van der Waals surface area (Å²) in [5, 5.41) is 2.82. The highest BCUT2D eigenvalue weighted by Gasteiger charge is 2.35. The lowest BCUT2D eigenvalue weighted by atomic mass is 10.1. The van der Waals surface area contributed by atoms with Crippen molar-refractivity contribution < 1.29 is 19.1 Å². The Morgan fingerprint density at radius 3 is 2.55 bits per heavy atom. The fourth-order valence-electron chi connectivity index (χ4n) is 2.73. The van der Waals surface area contributed by atoms with Crippen molar-refractivity contribution in [1.29, 1.82) is 0 Å². The maximum atomic E-state index is 13.1. The first-order chi connectivity index (χ1) is 13.8. The van der Waals surface area contributed by atoms with Crippen LogP contribution in [0.4, 0.5) is 5.69 Å². The number of halogens is 3. The van der Waals surface area contributed by atoms with E-state index in [4.69, 9.17) is 44.9 Å². The number of hydrogen-bond acceptors (Lipinski definition) is 5. The molecule has 0 spiro atoms. The van der Waals surface area contributed by atoms with Gasteiger partial charge in [-0.3, -0.25) is 19.8 Å². The van der Waals surface area contributed by atoms with Crippen molar-refractivity contribution in [3.05, 3.63) is 56.0 Å². The van der Waals surface area contributed by atoms with Gasteiger partial charge in [-0.05, 0) is 64.1 Å². The van der Waals surface area contributed by atoms with Crippen LogP contribution >= 0.6 is 51.3 Å². The van der Waals surface area contributed by atoms with Crippen molar-refractivity contribution in [2.24, 2.45) is 0 Å². The van der Waals surface area contributed by atoms with Crippen LogP contribution < -0.4 is 19.7 Å². The molecule has 0 unspecified atom stereocenters. The number of carbonyl (C=O) groups is 2. The summed E-state index contributed by atoms with van der Waals surface area (Å²) in [6.45, 7) is 0. The van der Waals surface area contributed by atoms with Gasteiger partial charge in [0.1, 0.15) is 5.57 Å². The van der Waals surface area contributed by atoms with Crippen molar-refractivity contribution >= 4 is 80.0 Å². The molecular formula is C19H13BrCl2N2O4S. The molecule has 1 heterocycles. The number of thiocarbonyl (C=S) groups is 1. The van der Waals surface area contributed by atoms with Crippen LogP contribution in [0.5, 0.6) is 11.5 Å². The van der Waals surface area contributed by atoms with Gasteiger partial charge in [0.15, 0.2) is 16.6 Å². The van der Waals surface area contributed by atoms with Gasteiger partial charge in [-0.1, -0.05) is 29.3 Å². The molecule has 0 atom stereocenters. The van der Waals surface area contributed by atoms with Crippen molar-refractivity contribution in [3.8, 4) is 11.5 Å². The van der Waals surface area contributed by atoms with Crippen LogP contribution in [0.2, 0.25) is 10.0 Å². The topological polar surface area (TPSA) is 67.9 Å². The standard InChI is InChI=1S/C19H13BrCl2N2O4S/c1-27-14-8-9(7-11(20)16(14)28-2)6-10-17(25)23-19(29)24(18(10)26)13-5-3-4-12(21)15(13)22/h3-8H,1-2H3,(H,23,25,29)/b10-6-. The van der Waals surface area contributed by atoms with E-state index in [2.05, 4.69) is 21.2 Å². The molecule has 1 aliphatic rings. The summed E-state index contributed by atoms with van der Waals surface area (Å²) in [4.78, 5) is 26.7. The molecule has 3 rings (SSSR count). The van der Waals surface area contributed by atoms with Crippen molar-refractivity contribution in [1.82, 2.24) is 5.32 Å². The molecule has 0 saturated carbocycles. The Balaban J connectivity index is 2.09. The Morgan fingerprint density at radius 2 is 1.90 bits per heavy atom. The van der Waals surface area contributed by atoms with E-state index in [1.165, 1.54) is 20.3 Å². The van der Waals surface area contributed by atoms with E-state index in [9.17, 15) is 9.59 Å². The Hall–Kier alpha value is -2.13. The summed E-state index contributed by atoms with van der Waals surface area (Å²) in [6, 6.07) is 8.13. The summed E-state index contributed by atoms with van der Waals surface area (Å²) in [5.41, 5.74) is 0.681. The van der Waals surface area contributed by atoms with Crippen molar-refractivity contribution in [2.45, 2.75) is 0 Å². The van der Waals surface area contributed by atoms with Crippen LogP contribution in [0.25, 0.3) is 6.08 Å². The number of anilines is 1. The number of amides is 2. The number of nitrogens with zero attached hydrogens (tertiary/aromatic N) is 1. The Labute approximate surface area is 190 Å². The quantitative estimate of drug-likeness (QED) is 0.366. The van der Waals surface area contributed by atoms with Gasteiger partial charge in [0, 0.05) is 0 Å². The molecule has 0 aromatic heterocycles. The zero-order valence-electron chi connectivity index (χ0n) is 15.1. The van der Waals surface area contributed by atoms with Crippen LogP contribution in [-0.2, 0) is 9.59 Å². The predicted molar refractivity (Wildman–Crippen MR) is 120 cm³/mol. The molecule has 2 aromatic carbocycles. The molecule has 0 aliphatic carbocycles. The first-order valence-electron chi connectivity index (χ1n) is 8.05. The number of carbonyl (C=O) groups excluding carboxylic acids is 2. The monoisotopic (exact) mass is 514 g/mol. The Morgan fingerprint density at radius 1 is 1.17 bits per heavy atom. The first kappa shape index (κ1) is 21.6. The minimum Gasteiger partial charge on any atom is -0.493 e. The summed E-state index contributed by atoms with van der Waals surface area (Å²) in [7, 11) is 2.99. The number of ether oxygens (including phenoxy) is 2. The highest BCUT2D eigenvalue weighted by molar-refractivity contribution is 9.10. The molecule has 2 aromatic rings. The van der Waals surface area contributed by atoms with Gasteiger partial charge in [0.05, 0.1) is 34.4 Å². The van der Waals surface area contributed by atoms with E-state index in [1.54, 1.807) is 30.3 Å². The number of methoxy groups -OCH3 is 2.